The number of hydrogen-bond acceptors (Lipinski definition) is 4. The lowest BCUT2D eigenvalue weighted by atomic mass is 10.1. The molecular formula is C14H19N5O. The first kappa shape index (κ1) is 14.0. The van der Waals surface area contributed by atoms with Crippen molar-refractivity contribution in [2.75, 3.05) is 11.1 Å². The zero-order chi connectivity index (χ0) is 14.7. The summed E-state index contributed by atoms with van der Waals surface area (Å²) in [6.45, 7) is 5.75. The van der Waals surface area contributed by atoms with Crippen LogP contribution in [0.5, 0.6) is 0 Å². The molecule has 0 saturated carbocycles. The van der Waals surface area contributed by atoms with E-state index < -0.39 is 0 Å². The highest BCUT2D eigenvalue weighted by molar-refractivity contribution is 6.05. The van der Waals surface area contributed by atoms with Crippen LogP contribution in [0.25, 0.3) is 0 Å². The fourth-order valence-electron chi connectivity index (χ4n) is 2.05. The molecular weight excluding hydrogens is 254 g/mol. The Morgan fingerprint density at radius 3 is 2.75 bits per heavy atom. The van der Waals surface area contributed by atoms with Crippen molar-refractivity contribution in [3.63, 3.8) is 0 Å². The second kappa shape index (κ2) is 5.73. The minimum absolute atomic E-state index is 0.205. The molecule has 106 valence electrons. The van der Waals surface area contributed by atoms with Gasteiger partial charge >= 0.3 is 0 Å². The lowest BCUT2D eigenvalue weighted by Gasteiger charge is -2.08. The van der Waals surface area contributed by atoms with Gasteiger partial charge in [-0.15, -0.1) is 0 Å². The third kappa shape index (κ3) is 2.96. The fourth-order valence-corrected chi connectivity index (χ4v) is 2.05. The van der Waals surface area contributed by atoms with Gasteiger partial charge in [-0.2, -0.15) is 5.10 Å². The Labute approximate surface area is 117 Å². The van der Waals surface area contributed by atoms with E-state index in [1.54, 1.807) is 12.1 Å². The molecule has 6 nitrogen and oxygen atoms in total. The quantitative estimate of drug-likeness (QED) is 0.795. The molecule has 0 spiro atoms. The van der Waals surface area contributed by atoms with Crippen molar-refractivity contribution in [1.29, 1.82) is 0 Å². The van der Waals surface area contributed by atoms with Crippen LogP contribution in [0.4, 0.5) is 11.5 Å². The summed E-state index contributed by atoms with van der Waals surface area (Å²) in [5.41, 5.74) is 9.39. The highest BCUT2D eigenvalue weighted by Crippen LogP contribution is 2.18. The minimum Gasteiger partial charge on any atom is -0.384 e. The molecule has 0 unspecified atom stereocenters. The standard InChI is InChI=1S/C14H19N5O/c1-4-5-11-6-10(7-12(15)16-11)14(20)17-13-8(2)18-19-9(13)3/h6-7H,4-5H2,1-3H3,(H2,15,16)(H,17,20)(H,18,19). The third-order valence-electron chi connectivity index (χ3n) is 3.03. The number of carbonyl (C=O) groups excluding carboxylic acids is 1. The van der Waals surface area contributed by atoms with Crippen LogP contribution >= 0.6 is 0 Å². The summed E-state index contributed by atoms with van der Waals surface area (Å²) < 4.78 is 0. The number of carbonyl (C=O) groups is 1. The number of nitrogens with two attached hydrogens (primary N) is 1. The van der Waals surface area contributed by atoms with Gasteiger partial charge in [0.15, 0.2) is 0 Å². The van der Waals surface area contributed by atoms with E-state index in [1.165, 1.54) is 0 Å². The average Bonchev–Trinajstić information content (AvgIpc) is 2.70. The molecule has 20 heavy (non-hydrogen) atoms. The third-order valence-corrected chi connectivity index (χ3v) is 3.03. The molecule has 0 aliphatic rings. The number of nitrogen functional groups attached to an aromatic ring is 1. The van der Waals surface area contributed by atoms with Crippen LogP contribution in [-0.2, 0) is 6.42 Å². The molecule has 0 aliphatic carbocycles. The van der Waals surface area contributed by atoms with Crippen molar-refractivity contribution < 1.29 is 4.79 Å². The van der Waals surface area contributed by atoms with Crippen molar-refractivity contribution in [2.45, 2.75) is 33.6 Å². The monoisotopic (exact) mass is 273 g/mol. The number of pyridine rings is 1. The van der Waals surface area contributed by atoms with Crippen molar-refractivity contribution in [3.05, 3.63) is 34.8 Å². The summed E-state index contributed by atoms with van der Waals surface area (Å²) in [7, 11) is 0. The fraction of sp³-hybridized carbons (Fsp3) is 0.357. The van der Waals surface area contributed by atoms with E-state index in [4.69, 9.17) is 5.73 Å². The molecule has 2 aromatic heterocycles. The topological polar surface area (TPSA) is 96.7 Å². The molecule has 1 amide bonds. The summed E-state index contributed by atoms with van der Waals surface area (Å²) in [4.78, 5) is 16.5. The Morgan fingerprint density at radius 1 is 1.40 bits per heavy atom. The Hall–Kier alpha value is -2.37. The van der Waals surface area contributed by atoms with E-state index in [-0.39, 0.29) is 5.91 Å². The Balaban J connectivity index is 2.25. The van der Waals surface area contributed by atoms with E-state index >= 15 is 0 Å². The number of aromatic nitrogens is 3. The largest absolute Gasteiger partial charge is 0.384 e. The number of aryl methyl sites for hydroxylation is 3. The number of H-pyrrole nitrogens is 1. The lowest BCUT2D eigenvalue weighted by molar-refractivity contribution is 0.102. The van der Waals surface area contributed by atoms with Crippen LogP contribution < -0.4 is 11.1 Å². The molecule has 0 fully saturated rings. The summed E-state index contributed by atoms with van der Waals surface area (Å²) >= 11 is 0. The summed E-state index contributed by atoms with van der Waals surface area (Å²) in [5, 5.41) is 9.74. The summed E-state index contributed by atoms with van der Waals surface area (Å²) in [6, 6.07) is 3.36. The van der Waals surface area contributed by atoms with Gasteiger partial charge in [0, 0.05) is 11.3 Å². The number of aromatic amines is 1. The molecule has 6 heteroatoms. The van der Waals surface area contributed by atoms with Gasteiger partial charge in [-0.05, 0) is 32.4 Å². The number of rotatable bonds is 4. The van der Waals surface area contributed by atoms with Crippen LogP contribution in [0.15, 0.2) is 12.1 Å². The van der Waals surface area contributed by atoms with Crippen LogP contribution in [0, 0.1) is 13.8 Å². The average molecular weight is 273 g/mol. The molecule has 0 saturated heterocycles. The van der Waals surface area contributed by atoms with Crippen molar-refractivity contribution in [2.24, 2.45) is 0 Å². The molecule has 4 N–H and O–H groups in total. The van der Waals surface area contributed by atoms with Gasteiger partial charge in [0.05, 0.1) is 17.1 Å². The number of anilines is 2. The SMILES string of the molecule is CCCc1cc(C(=O)Nc2c(C)n[nH]c2C)cc(N)n1. The highest BCUT2D eigenvalue weighted by Gasteiger charge is 2.13. The van der Waals surface area contributed by atoms with Crippen molar-refractivity contribution >= 4 is 17.4 Å². The minimum atomic E-state index is -0.205. The first-order valence-electron chi connectivity index (χ1n) is 6.60. The second-order valence-electron chi connectivity index (χ2n) is 4.79. The zero-order valence-electron chi connectivity index (χ0n) is 11.9. The number of nitrogens with one attached hydrogen (secondary N) is 2. The normalized spacial score (nSPS) is 10.6. The van der Waals surface area contributed by atoms with Crippen molar-refractivity contribution in [1.82, 2.24) is 15.2 Å². The van der Waals surface area contributed by atoms with Crippen molar-refractivity contribution in [3.8, 4) is 0 Å². The van der Waals surface area contributed by atoms with Gasteiger partial charge in [-0.3, -0.25) is 9.89 Å². The smallest absolute Gasteiger partial charge is 0.255 e. The maximum absolute atomic E-state index is 12.3. The molecule has 0 aliphatic heterocycles. The predicted molar refractivity (Wildman–Crippen MR) is 78.7 cm³/mol. The van der Waals surface area contributed by atoms with Crippen LogP contribution in [0.3, 0.4) is 0 Å². The van der Waals surface area contributed by atoms with Gasteiger partial charge < -0.3 is 11.1 Å². The summed E-state index contributed by atoms with van der Waals surface area (Å²) in [5.74, 6) is 0.158. The Kier molecular flexibility index (Phi) is 4.02. The first-order chi connectivity index (χ1) is 9.51. The summed E-state index contributed by atoms with van der Waals surface area (Å²) in [6.07, 6.45) is 1.76. The molecule has 0 atom stereocenters. The van der Waals surface area contributed by atoms with E-state index in [2.05, 4.69) is 27.4 Å². The Bertz CT molecular complexity index is 613. The Morgan fingerprint density at radius 2 is 2.15 bits per heavy atom. The van der Waals surface area contributed by atoms with Gasteiger partial charge in [0.2, 0.25) is 0 Å². The van der Waals surface area contributed by atoms with E-state index in [0.717, 1.165) is 29.9 Å². The van der Waals surface area contributed by atoms with E-state index in [9.17, 15) is 4.79 Å². The molecule has 2 aromatic rings. The zero-order valence-corrected chi connectivity index (χ0v) is 11.9. The maximum Gasteiger partial charge on any atom is 0.255 e. The van der Waals surface area contributed by atoms with E-state index in [0.29, 0.717) is 17.1 Å². The molecule has 0 radical (unpaired) electrons. The van der Waals surface area contributed by atoms with Crippen LogP contribution in [0.1, 0.15) is 40.8 Å². The lowest BCUT2D eigenvalue weighted by Crippen LogP contribution is -2.14. The molecule has 0 bridgehead atoms. The molecule has 2 heterocycles. The number of nitrogens with zero attached hydrogens (tertiary/aromatic N) is 2. The van der Waals surface area contributed by atoms with E-state index in [1.807, 2.05) is 13.8 Å². The van der Waals surface area contributed by atoms with Gasteiger partial charge in [0.1, 0.15) is 5.82 Å². The van der Waals surface area contributed by atoms with Gasteiger partial charge in [0.25, 0.3) is 5.91 Å². The first-order valence-corrected chi connectivity index (χ1v) is 6.60. The van der Waals surface area contributed by atoms with Gasteiger partial charge in [-0.25, -0.2) is 4.98 Å². The maximum atomic E-state index is 12.3. The van der Waals surface area contributed by atoms with Crippen LogP contribution in [-0.4, -0.2) is 21.1 Å². The molecule has 0 aromatic carbocycles. The highest BCUT2D eigenvalue weighted by atomic mass is 16.1. The second-order valence-corrected chi connectivity index (χ2v) is 4.79. The molecule has 2 rings (SSSR count). The number of amides is 1. The predicted octanol–water partition coefficient (Wildman–Crippen LogP) is 2.21. The van der Waals surface area contributed by atoms with Gasteiger partial charge in [-0.1, -0.05) is 13.3 Å². The van der Waals surface area contributed by atoms with Crippen LogP contribution in [0.2, 0.25) is 0 Å². The number of hydrogen-bond donors (Lipinski definition) is 3.